The van der Waals surface area contributed by atoms with Crippen LogP contribution in [0.5, 0.6) is 5.75 Å². The van der Waals surface area contributed by atoms with Gasteiger partial charge in [-0.3, -0.25) is 4.79 Å². The van der Waals surface area contributed by atoms with Crippen molar-refractivity contribution in [2.75, 3.05) is 18.1 Å². The summed E-state index contributed by atoms with van der Waals surface area (Å²) in [4.78, 5) is 14.5. The molecule has 3 rings (SSSR count). The quantitative estimate of drug-likeness (QED) is 0.678. The summed E-state index contributed by atoms with van der Waals surface area (Å²) in [5.74, 6) is 0.788. The van der Waals surface area contributed by atoms with E-state index in [1.807, 2.05) is 63.2 Å². The van der Waals surface area contributed by atoms with Gasteiger partial charge in [-0.25, -0.2) is 0 Å². The molecule has 0 aliphatic rings. The minimum atomic E-state index is -0.0108. The van der Waals surface area contributed by atoms with Gasteiger partial charge in [-0.05, 0) is 57.2 Å². The summed E-state index contributed by atoms with van der Waals surface area (Å²) >= 11 is 0. The lowest BCUT2D eigenvalue weighted by atomic mass is 10.1. The fourth-order valence-corrected chi connectivity index (χ4v) is 2.86. The second-order valence-electron chi connectivity index (χ2n) is 5.87. The number of fused-ring (bicyclic) bond motifs is 1. The maximum absolute atomic E-state index is 12.8. The van der Waals surface area contributed by atoms with Crippen molar-refractivity contribution in [2.24, 2.45) is 0 Å². The monoisotopic (exact) mass is 338 g/mol. The maximum Gasteiger partial charge on any atom is 0.233 e. The van der Waals surface area contributed by atoms with Crippen molar-refractivity contribution < 1.29 is 14.1 Å². The number of carbonyl (C=O) groups excluding carboxylic acids is 1. The number of carbonyl (C=O) groups is 1. The highest BCUT2D eigenvalue weighted by molar-refractivity contribution is 5.96. The molecule has 130 valence electrons. The van der Waals surface area contributed by atoms with Crippen molar-refractivity contribution >= 4 is 22.6 Å². The van der Waals surface area contributed by atoms with Crippen LogP contribution in [-0.4, -0.2) is 24.2 Å². The molecule has 5 heteroatoms. The standard InChI is InChI=1S/C20H22N2O3/c1-4-22(15-7-9-16(10-8-15)24-5-2)20(23)13-18-17-12-14(3)6-11-19(17)25-21-18/h6-12H,4-5,13H2,1-3H3. The fourth-order valence-electron chi connectivity index (χ4n) is 2.86. The summed E-state index contributed by atoms with van der Waals surface area (Å²) in [5, 5.41) is 4.98. The van der Waals surface area contributed by atoms with Crippen LogP contribution in [0.25, 0.3) is 11.0 Å². The fraction of sp³-hybridized carbons (Fsp3) is 0.300. The van der Waals surface area contributed by atoms with E-state index in [1.54, 1.807) is 4.90 Å². The predicted octanol–water partition coefficient (Wildman–Crippen LogP) is 4.13. The number of likely N-dealkylation sites (N-methyl/N-ethyl adjacent to an activating group) is 1. The van der Waals surface area contributed by atoms with Crippen molar-refractivity contribution in [1.29, 1.82) is 0 Å². The highest BCUT2D eigenvalue weighted by Crippen LogP contribution is 2.23. The SMILES string of the molecule is CCOc1ccc(N(CC)C(=O)Cc2noc3ccc(C)cc23)cc1. The van der Waals surface area contributed by atoms with Gasteiger partial charge in [0.2, 0.25) is 5.91 Å². The van der Waals surface area contributed by atoms with Crippen LogP contribution in [0.15, 0.2) is 47.0 Å². The Bertz CT molecular complexity index is 868. The number of aromatic nitrogens is 1. The first-order valence-electron chi connectivity index (χ1n) is 8.50. The van der Waals surface area contributed by atoms with Gasteiger partial charge in [0.25, 0.3) is 0 Å². The van der Waals surface area contributed by atoms with E-state index in [0.29, 0.717) is 24.4 Å². The Morgan fingerprint density at radius 2 is 1.92 bits per heavy atom. The third-order valence-electron chi connectivity index (χ3n) is 4.10. The first-order valence-corrected chi connectivity index (χ1v) is 8.50. The molecule has 25 heavy (non-hydrogen) atoms. The van der Waals surface area contributed by atoms with Gasteiger partial charge in [-0.15, -0.1) is 0 Å². The number of rotatable bonds is 6. The van der Waals surface area contributed by atoms with Crippen molar-refractivity contribution in [3.05, 3.63) is 53.7 Å². The molecule has 0 aliphatic heterocycles. The zero-order chi connectivity index (χ0) is 17.8. The molecule has 1 amide bonds. The van der Waals surface area contributed by atoms with Crippen molar-refractivity contribution in [1.82, 2.24) is 5.16 Å². The van der Waals surface area contributed by atoms with E-state index in [-0.39, 0.29) is 12.3 Å². The molecule has 0 saturated heterocycles. The third kappa shape index (κ3) is 3.65. The molecule has 0 bridgehead atoms. The van der Waals surface area contributed by atoms with Gasteiger partial charge in [0.15, 0.2) is 5.58 Å². The molecule has 1 aromatic heterocycles. The Morgan fingerprint density at radius 3 is 2.60 bits per heavy atom. The summed E-state index contributed by atoms with van der Waals surface area (Å²) in [5.41, 5.74) is 3.34. The molecule has 0 aliphatic carbocycles. The highest BCUT2D eigenvalue weighted by atomic mass is 16.5. The zero-order valence-electron chi connectivity index (χ0n) is 14.8. The highest BCUT2D eigenvalue weighted by Gasteiger charge is 2.18. The normalized spacial score (nSPS) is 10.8. The molecule has 0 radical (unpaired) electrons. The summed E-state index contributed by atoms with van der Waals surface area (Å²) in [6.07, 6.45) is 0.206. The first-order chi connectivity index (χ1) is 12.1. The predicted molar refractivity (Wildman–Crippen MR) is 98.1 cm³/mol. The molecule has 2 aromatic carbocycles. The van der Waals surface area contributed by atoms with Crippen LogP contribution in [0.1, 0.15) is 25.1 Å². The zero-order valence-corrected chi connectivity index (χ0v) is 14.8. The molecular weight excluding hydrogens is 316 g/mol. The molecule has 0 saturated carbocycles. The number of amides is 1. The van der Waals surface area contributed by atoms with Crippen molar-refractivity contribution in [3.63, 3.8) is 0 Å². The topological polar surface area (TPSA) is 55.6 Å². The second-order valence-corrected chi connectivity index (χ2v) is 5.87. The first kappa shape index (κ1) is 17.0. The third-order valence-corrected chi connectivity index (χ3v) is 4.10. The van der Waals surface area contributed by atoms with E-state index < -0.39 is 0 Å². The van der Waals surface area contributed by atoms with Crippen LogP contribution in [0.2, 0.25) is 0 Å². The summed E-state index contributed by atoms with van der Waals surface area (Å²) < 4.78 is 10.8. The van der Waals surface area contributed by atoms with Gasteiger partial charge < -0.3 is 14.2 Å². The summed E-state index contributed by atoms with van der Waals surface area (Å²) in [7, 11) is 0. The van der Waals surface area contributed by atoms with E-state index in [1.165, 1.54) is 0 Å². The number of aryl methyl sites for hydroxylation is 1. The summed E-state index contributed by atoms with van der Waals surface area (Å²) in [6, 6.07) is 13.4. The van der Waals surface area contributed by atoms with Gasteiger partial charge in [0.1, 0.15) is 11.4 Å². The molecular formula is C20H22N2O3. The number of nitrogens with zero attached hydrogens (tertiary/aromatic N) is 2. The molecule has 0 atom stereocenters. The minimum Gasteiger partial charge on any atom is -0.494 e. The number of hydrogen-bond donors (Lipinski definition) is 0. The molecule has 0 fully saturated rings. The van der Waals surface area contributed by atoms with Crippen molar-refractivity contribution in [2.45, 2.75) is 27.2 Å². The number of anilines is 1. The lowest BCUT2D eigenvalue weighted by Gasteiger charge is -2.21. The van der Waals surface area contributed by atoms with Crippen molar-refractivity contribution in [3.8, 4) is 5.75 Å². The number of hydrogen-bond acceptors (Lipinski definition) is 4. The van der Waals surface area contributed by atoms with E-state index >= 15 is 0 Å². The van der Waals surface area contributed by atoms with E-state index in [2.05, 4.69) is 5.16 Å². The Balaban J connectivity index is 1.81. The molecule has 3 aromatic rings. The van der Waals surface area contributed by atoms with E-state index in [9.17, 15) is 4.79 Å². The van der Waals surface area contributed by atoms with Gasteiger partial charge in [-0.1, -0.05) is 16.8 Å². The Hall–Kier alpha value is -2.82. The molecule has 5 nitrogen and oxygen atoms in total. The van der Waals surface area contributed by atoms with Gasteiger partial charge in [0, 0.05) is 17.6 Å². The molecule has 0 N–H and O–H groups in total. The Labute approximate surface area is 147 Å². The largest absolute Gasteiger partial charge is 0.494 e. The minimum absolute atomic E-state index is 0.0108. The van der Waals surface area contributed by atoms with Crippen LogP contribution >= 0.6 is 0 Å². The summed E-state index contributed by atoms with van der Waals surface area (Å²) in [6.45, 7) is 7.12. The second kappa shape index (κ2) is 7.38. The van der Waals surface area contributed by atoms with Crippen LogP contribution in [0, 0.1) is 6.92 Å². The Morgan fingerprint density at radius 1 is 1.16 bits per heavy atom. The van der Waals surface area contributed by atoms with Gasteiger partial charge in [0.05, 0.1) is 13.0 Å². The van der Waals surface area contributed by atoms with Gasteiger partial charge >= 0.3 is 0 Å². The lowest BCUT2D eigenvalue weighted by molar-refractivity contribution is -0.118. The van der Waals surface area contributed by atoms with E-state index in [0.717, 1.165) is 22.4 Å². The molecule has 0 unspecified atom stereocenters. The number of benzene rings is 2. The lowest BCUT2D eigenvalue weighted by Crippen LogP contribution is -2.32. The van der Waals surface area contributed by atoms with Crippen LogP contribution in [0.3, 0.4) is 0 Å². The molecule has 1 heterocycles. The van der Waals surface area contributed by atoms with E-state index in [4.69, 9.17) is 9.26 Å². The average molecular weight is 338 g/mol. The average Bonchev–Trinajstić information content (AvgIpc) is 2.99. The number of ether oxygens (including phenoxy) is 1. The maximum atomic E-state index is 12.8. The Kier molecular flexibility index (Phi) is 5.03. The van der Waals surface area contributed by atoms with Gasteiger partial charge in [-0.2, -0.15) is 0 Å². The molecule has 0 spiro atoms. The van der Waals surface area contributed by atoms with Crippen LogP contribution in [0.4, 0.5) is 5.69 Å². The van der Waals surface area contributed by atoms with Crippen LogP contribution < -0.4 is 9.64 Å². The smallest absolute Gasteiger partial charge is 0.233 e. The van der Waals surface area contributed by atoms with Crippen LogP contribution in [-0.2, 0) is 11.2 Å².